The van der Waals surface area contributed by atoms with Crippen LogP contribution in [0.3, 0.4) is 0 Å². The average molecular weight is 515 g/mol. The number of carbonyl (C=O) groups excluding carboxylic acids is 3. The second-order valence-corrected chi connectivity index (χ2v) is 9.69. The van der Waals surface area contributed by atoms with Crippen LogP contribution in [-0.2, 0) is 23.9 Å². The molecule has 3 N–H and O–H groups in total. The van der Waals surface area contributed by atoms with Gasteiger partial charge in [-0.05, 0) is 37.7 Å². The molecule has 8 heteroatoms. The number of esters is 1. The van der Waals surface area contributed by atoms with Gasteiger partial charge in [-0.25, -0.2) is 0 Å². The van der Waals surface area contributed by atoms with Crippen molar-refractivity contribution in [3.05, 3.63) is 61.2 Å². The van der Waals surface area contributed by atoms with Crippen LogP contribution in [0.2, 0.25) is 0 Å². The Balaban J connectivity index is 2.16. The summed E-state index contributed by atoms with van der Waals surface area (Å²) in [5.41, 5.74) is 0.120. The predicted molar refractivity (Wildman–Crippen MR) is 142 cm³/mol. The first kappa shape index (κ1) is 30.3. The minimum absolute atomic E-state index is 0.0450. The molecular formula is C29H42N2O6. The minimum atomic E-state index is -0.768. The fourth-order valence-electron chi connectivity index (χ4n) is 4.73. The molecule has 0 heterocycles. The third-order valence-corrected chi connectivity index (χ3v) is 6.74. The molecule has 37 heavy (non-hydrogen) atoms. The minimum Gasteiger partial charge on any atom is -0.455 e. The third-order valence-electron chi connectivity index (χ3n) is 6.74. The van der Waals surface area contributed by atoms with Gasteiger partial charge in [-0.2, -0.15) is 0 Å². The number of methoxy groups -OCH3 is 1. The number of hydrogen-bond donors (Lipinski definition) is 3. The summed E-state index contributed by atoms with van der Waals surface area (Å²) in [6, 6.07) is 8.53. The van der Waals surface area contributed by atoms with E-state index in [2.05, 4.69) is 23.8 Å². The maximum Gasteiger partial charge on any atom is 0.306 e. The van der Waals surface area contributed by atoms with Gasteiger partial charge in [0.1, 0.15) is 6.10 Å². The highest BCUT2D eigenvalue weighted by Crippen LogP contribution is 2.29. The van der Waals surface area contributed by atoms with Crippen molar-refractivity contribution in [1.29, 1.82) is 0 Å². The molecule has 0 bridgehead atoms. The lowest BCUT2D eigenvalue weighted by molar-refractivity contribution is -0.153. The van der Waals surface area contributed by atoms with Crippen molar-refractivity contribution in [3.63, 3.8) is 0 Å². The van der Waals surface area contributed by atoms with Crippen LogP contribution in [0.5, 0.6) is 0 Å². The highest BCUT2D eigenvalue weighted by molar-refractivity contribution is 5.86. The van der Waals surface area contributed by atoms with Gasteiger partial charge in [-0.1, -0.05) is 55.3 Å². The van der Waals surface area contributed by atoms with Crippen LogP contribution in [0.25, 0.3) is 0 Å². The van der Waals surface area contributed by atoms with E-state index in [1.54, 1.807) is 12.2 Å². The summed E-state index contributed by atoms with van der Waals surface area (Å²) in [6.45, 7) is 7.40. The molecule has 3 atom stereocenters. The quantitative estimate of drug-likeness (QED) is 0.166. The van der Waals surface area contributed by atoms with Gasteiger partial charge in [0.25, 0.3) is 0 Å². The van der Waals surface area contributed by atoms with E-state index in [0.29, 0.717) is 19.3 Å². The molecule has 1 aliphatic carbocycles. The van der Waals surface area contributed by atoms with Crippen LogP contribution < -0.4 is 10.6 Å². The zero-order valence-corrected chi connectivity index (χ0v) is 22.0. The van der Waals surface area contributed by atoms with Crippen molar-refractivity contribution in [2.75, 3.05) is 20.3 Å². The van der Waals surface area contributed by atoms with E-state index in [-0.39, 0.29) is 43.8 Å². The van der Waals surface area contributed by atoms with E-state index in [4.69, 9.17) is 9.47 Å². The smallest absolute Gasteiger partial charge is 0.306 e. The molecule has 2 amide bonds. The molecule has 1 aromatic rings. The van der Waals surface area contributed by atoms with Crippen LogP contribution in [0.1, 0.15) is 69.5 Å². The molecule has 204 valence electrons. The number of nitrogens with one attached hydrogen (secondary N) is 2. The van der Waals surface area contributed by atoms with E-state index in [0.717, 1.165) is 31.2 Å². The molecular weight excluding hydrogens is 472 g/mol. The fraction of sp³-hybridized carbons (Fsp3) is 0.552. The first-order valence-electron chi connectivity index (χ1n) is 13.1. The molecule has 0 aliphatic heterocycles. The lowest BCUT2D eigenvalue weighted by atomic mass is 9.95. The Bertz CT molecular complexity index is 882. The van der Waals surface area contributed by atoms with E-state index in [1.165, 1.54) is 7.11 Å². The topological polar surface area (TPSA) is 114 Å². The Hall–Kier alpha value is -2.97. The average Bonchev–Trinajstić information content (AvgIpc) is 3.36. The van der Waals surface area contributed by atoms with Crippen LogP contribution in [-0.4, -0.2) is 54.8 Å². The molecule has 0 unspecified atom stereocenters. The molecule has 8 nitrogen and oxygen atoms in total. The standard InChI is InChI=1S/C29H42N2O6/c1-4-6-8-16-26(34)37-27(22-14-9-7-10-15-22)24(20-36-3)30-28(35)23(13-5-2)19-25(33)31-29(21-32)17-11-12-18-29/h4-5,7,9-10,14-15,23-24,27,32H,1-2,6,8,11-13,16-21H2,3H3,(H,30,35)(H,31,33)/t23-,24+,27+/m1/s1. The zero-order chi connectivity index (χ0) is 27.1. The molecule has 1 aromatic carbocycles. The number of aliphatic hydroxyl groups excluding tert-OH is 1. The Morgan fingerprint density at radius 2 is 1.84 bits per heavy atom. The van der Waals surface area contributed by atoms with Gasteiger partial charge < -0.3 is 25.2 Å². The molecule has 2 rings (SSSR count). The van der Waals surface area contributed by atoms with Gasteiger partial charge in [0.2, 0.25) is 11.8 Å². The van der Waals surface area contributed by atoms with Crippen LogP contribution in [0.4, 0.5) is 0 Å². The molecule has 1 fully saturated rings. The number of allylic oxidation sites excluding steroid dienone is 2. The number of amides is 2. The van der Waals surface area contributed by atoms with Crippen molar-refractivity contribution in [2.24, 2.45) is 5.92 Å². The SMILES string of the molecule is C=CCCCC(=O)O[C@@H](c1ccccc1)[C@H](COC)NC(=O)[C@H](CC=C)CC(=O)NC1(CO)CCCC1. The summed E-state index contributed by atoms with van der Waals surface area (Å²) < 4.78 is 11.2. The Morgan fingerprint density at radius 3 is 2.43 bits per heavy atom. The van der Waals surface area contributed by atoms with Crippen LogP contribution in [0.15, 0.2) is 55.6 Å². The van der Waals surface area contributed by atoms with Gasteiger partial charge >= 0.3 is 5.97 Å². The van der Waals surface area contributed by atoms with Crippen LogP contribution in [0, 0.1) is 5.92 Å². The van der Waals surface area contributed by atoms with Crippen molar-refractivity contribution >= 4 is 17.8 Å². The zero-order valence-electron chi connectivity index (χ0n) is 22.0. The molecule has 1 aliphatic rings. The van der Waals surface area contributed by atoms with Gasteiger partial charge in [-0.3, -0.25) is 14.4 Å². The fourth-order valence-corrected chi connectivity index (χ4v) is 4.73. The van der Waals surface area contributed by atoms with E-state index >= 15 is 0 Å². The van der Waals surface area contributed by atoms with Gasteiger partial charge in [0.05, 0.1) is 30.7 Å². The number of carbonyl (C=O) groups is 3. The summed E-state index contributed by atoms with van der Waals surface area (Å²) in [6.07, 6.45) is 7.73. The summed E-state index contributed by atoms with van der Waals surface area (Å²) in [7, 11) is 1.51. The largest absolute Gasteiger partial charge is 0.455 e. The predicted octanol–water partition coefficient (Wildman–Crippen LogP) is 3.76. The summed E-state index contributed by atoms with van der Waals surface area (Å²) in [4.78, 5) is 38.8. The van der Waals surface area contributed by atoms with E-state index in [1.807, 2.05) is 30.3 Å². The van der Waals surface area contributed by atoms with Crippen molar-refractivity contribution < 1.29 is 29.0 Å². The Kier molecular flexibility index (Phi) is 13.1. The molecule has 0 spiro atoms. The number of unbranched alkanes of at least 4 members (excludes halogenated alkanes) is 1. The van der Waals surface area contributed by atoms with Gasteiger partial charge in [0.15, 0.2) is 0 Å². The van der Waals surface area contributed by atoms with Gasteiger partial charge in [-0.15, -0.1) is 13.2 Å². The van der Waals surface area contributed by atoms with E-state index in [9.17, 15) is 19.5 Å². The molecule has 0 radical (unpaired) electrons. The number of hydrogen-bond acceptors (Lipinski definition) is 6. The number of rotatable bonds is 17. The normalized spacial score (nSPS) is 16.7. The molecule has 0 aromatic heterocycles. The number of ether oxygens (including phenoxy) is 2. The Morgan fingerprint density at radius 1 is 1.14 bits per heavy atom. The number of benzene rings is 1. The first-order chi connectivity index (χ1) is 17.9. The van der Waals surface area contributed by atoms with Crippen LogP contribution >= 0.6 is 0 Å². The highest BCUT2D eigenvalue weighted by atomic mass is 16.5. The van der Waals surface area contributed by atoms with E-state index < -0.39 is 23.6 Å². The summed E-state index contributed by atoms with van der Waals surface area (Å²) in [5, 5.41) is 15.8. The maximum atomic E-state index is 13.4. The monoisotopic (exact) mass is 514 g/mol. The second kappa shape index (κ2) is 16.0. The van der Waals surface area contributed by atoms with Crippen molar-refractivity contribution in [3.8, 4) is 0 Å². The van der Waals surface area contributed by atoms with Crippen molar-refractivity contribution in [2.45, 2.75) is 75.5 Å². The molecule has 0 saturated heterocycles. The summed E-state index contributed by atoms with van der Waals surface area (Å²) >= 11 is 0. The highest BCUT2D eigenvalue weighted by Gasteiger charge is 2.36. The lowest BCUT2D eigenvalue weighted by Crippen LogP contribution is -2.51. The first-order valence-corrected chi connectivity index (χ1v) is 13.1. The number of aliphatic hydroxyl groups is 1. The maximum absolute atomic E-state index is 13.4. The second-order valence-electron chi connectivity index (χ2n) is 9.69. The van der Waals surface area contributed by atoms with Gasteiger partial charge in [0, 0.05) is 20.0 Å². The lowest BCUT2D eigenvalue weighted by Gasteiger charge is -2.30. The summed E-state index contributed by atoms with van der Waals surface area (Å²) in [5.74, 6) is -1.69. The third kappa shape index (κ3) is 9.78. The molecule has 1 saturated carbocycles. The Labute approximate surface area is 220 Å². The van der Waals surface area contributed by atoms with Crippen molar-refractivity contribution in [1.82, 2.24) is 10.6 Å².